The normalized spacial score (nSPS) is 10.2. The third-order valence-corrected chi connectivity index (χ3v) is 12.1. The number of nitrogen functional groups attached to an aromatic ring is 2. The monoisotopic (exact) mass is 1240 g/mol. The summed E-state index contributed by atoms with van der Waals surface area (Å²) in [7, 11) is 0. The van der Waals surface area contributed by atoms with Crippen molar-refractivity contribution in [2.45, 2.75) is 20.8 Å². The molecule has 0 spiro atoms. The van der Waals surface area contributed by atoms with Gasteiger partial charge in [0.15, 0.2) is 29.0 Å². The van der Waals surface area contributed by atoms with Crippen LogP contribution in [0, 0.1) is 55.8 Å². The van der Waals surface area contributed by atoms with Crippen LogP contribution in [-0.4, -0.2) is 72.3 Å². The first-order valence-corrected chi connectivity index (χ1v) is 25.9. The van der Waals surface area contributed by atoms with Crippen LogP contribution in [0.3, 0.4) is 0 Å². The third kappa shape index (κ3) is 18.1. The highest BCUT2D eigenvalue weighted by Crippen LogP contribution is 2.34. The van der Waals surface area contributed by atoms with E-state index in [1.54, 1.807) is 36.4 Å². The summed E-state index contributed by atoms with van der Waals surface area (Å²) in [6, 6.07) is 22.6. The van der Waals surface area contributed by atoms with Gasteiger partial charge in [-0.3, -0.25) is 34.5 Å². The van der Waals surface area contributed by atoms with Crippen LogP contribution in [0.4, 0.5) is 43.8 Å². The van der Waals surface area contributed by atoms with E-state index in [2.05, 4.69) is 64.9 Å². The number of hydrogen-bond donors (Lipinski definition) is 4. The molecule has 0 saturated carbocycles. The number of aromatic nitrogens is 11. The first kappa shape index (κ1) is 64.3. The fourth-order valence-electron chi connectivity index (χ4n) is 6.95. The lowest BCUT2D eigenvalue weighted by atomic mass is 10.1. The molecule has 8 aromatic heterocycles. The van der Waals surface area contributed by atoms with E-state index in [-0.39, 0.29) is 52.2 Å². The molecule has 0 atom stereocenters. The molecule has 11 rings (SSSR count). The molecule has 0 unspecified atom stereocenters. The van der Waals surface area contributed by atoms with Crippen LogP contribution in [0.5, 0.6) is 34.8 Å². The van der Waals surface area contributed by atoms with E-state index in [1.807, 2.05) is 13.0 Å². The molecular weight excluding hydrogens is 1200 g/mol. The lowest BCUT2D eigenvalue weighted by molar-refractivity contribution is -0.120. The van der Waals surface area contributed by atoms with Crippen molar-refractivity contribution in [3.05, 3.63) is 239 Å². The number of nitrogens with two attached hydrogens (primary N) is 2. The minimum Gasteiger partial charge on any atom is -0.508 e. The minimum atomic E-state index is -1.05. The van der Waals surface area contributed by atoms with Gasteiger partial charge < -0.3 is 36.1 Å². The summed E-state index contributed by atoms with van der Waals surface area (Å²) in [5.74, 6) is -3.01. The summed E-state index contributed by atoms with van der Waals surface area (Å²) in [5, 5.41) is 12.9. The number of nitrogens with zero attached hydrogens (tertiary/aromatic N) is 11. The molecule has 0 radical (unpaired) electrons. The van der Waals surface area contributed by atoms with Crippen molar-refractivity contribution < 1.29 is 55.2 Å². The van der Waals surface area contributed by atoms with Crippen LogP contribution in [0.2, 0.25) is 10.0 Å². The van der Waals surface area contributed by atoms with E-state index in [9.17, 15) is 41.0 Å². The van der Waals surface area contributed by atoms with Crippen LogP contribution in [-0.2, 0) is 4.79 Å². The number of anilines is 3. The van der Waals surface area contributed by atoms with Crippen molar-refractivity contribution >= 4 is 53.0 Å². The van der Waals surface area contributed by atoms with Crippen LogP contribution >= 0.6 is 23.2 Å². The zero-order valence-corrected chi connectivity index (χ0v) is 47.3. The van der Waals surface area contributed by atoms with E-state index in [0.29, 0.717) is 61.4 Å². The Hall–Kier alpha value is -11.3. The Morgan fingerprint density at radius 1 is 0.523 bits per heavy atom. The molecule has 3 aromatic carbocycles. The number of halogens is 8. The molecule has 88 heavy (non-hydrogen) atoms. The second kappa shape index (κ2) is 31.1. The molecule has 0 fully saturated rings. The highest BCUT2D eigenvalue weighted by atomic mass is 35.5. The Kier molecular flexibility index (Phi) is 22.7. The number of amides is 1. The van der Waals surface area contributed by atoms with Gasteiger partial charge in [0, 0.05) is 52.6 Å². The minimum absolute atomic E-state index is 0.110. The molecule has 0 aliphatic carbocycles. The topological polar surface area (TPSA) is 288 Å². The number of phenols is 1. The first-order valence-electron chi connectivity index (χ1n) is 25.1. The first-order chi connectivity index (χ1) is 42.3. The van der Waals surface area contributed by atoms with Crippen LogP contribution in [0.25, 0.3) is 33.8 Å². The maximum atomic E-state index is 13.8. The standard InChI is InChI=1S/C23H17F2N5O2.C15H10ClFN4O.C10H8ClN3O.C7H6FNO2.C5H3F2N/c1-13-5-6-15(32-23-18(24)4-3-7-27-23)8-16(13)20-11-29-21(12-28-20)30-22(31)17-9-26-10-19(25)14(17)2;16-11-4-3-9(22-15-12(17)2-1-5-19-15)6-10(11)13-7-21-14(18)8-20-13;11-8-2-1-6(15)3-7(8)9-4-14-10(12)5-13-9;1-5-6(8)2-9-3-7(5)11-4-10;6-4-2-1-3-8-5(4)7/h3-12H,1-2H3,(H,29,30,31);1-8H,(H2,18,21);1-5,15H,(H2,12,14);2-4H,1H3;1-3H. The smallest absolute Gasteiger partial charge is 0.298 e. The molecule has 11 aromatic rings. The molecule has 28 heteroatoms. The Bertz CT molecular complexity index is 4170. The van der Waals surface area contributed by atoms with Gasteiger partial charge >= 0.3 is 0 Å². The lowest BCUT2D eigenvalue weighted by Gasteiger charge is -2.11. The number of benzene rings is 3. The number of hydrogen-bond acceptors (Lipinski definition) is 19. The average molecular weight is 1240 g/mol. The van der Waals surface area contributed by atoms with Gasteiger partial charge in [0.2, 0.25) is 5.95 Å². The molecular formula is C60H44Cl2F6N14O6. The number of pyridine rings is 5. The van der Waals surface area contributed by atoms with E-state index in [0.717, 1.165) is 29.6 Å². The number of carbonyl (C=O) groups excluding carboxylic acids is 2. The van der Waals surface area contributed by atoms with Gasteiger partial charge in [-0.2, -0.15) is 4.39 Å². The molecule has 0 aliphatic heterocycles. The van der Waals surface area contributed by atoms with E-state index in [1.165, 1.54) is 124 Å². The number of aryl methyl sites for hydroxylation is 1. The number of aromatic hydroxyl groups is 1. The van der Waals surface area contributed by atoms with Gasteiger partial charge in [0.25, 0.3) is 24.1 Å². The SMILES string of the molecule is Cc1c(F)cncc1OC=O.Cc1ccc(Oc2ncccc2F)cc1-c1cnc(NC(=O)c2cncc(F)c2C)cn1.Fc1cccnc1F.Nc1cnc(-c2cc(O)ccc2Cl)cn1.Nc1cnc(-c2cc(Oc3ncccc3F)ccc2Cl)cn1. The summed E-state index contributed by atoms with van der Waals surface area (Å²) in [6.45, 7) is 5.13. The predicted octanol–water partition coefficient (Wildman–Crippen LogP) is 13.1. The molecule has 446 valence electrons. The molecule has 8 heterocycles. The summed E-state index contributed by atoms with van der Waals surface area (Å²) < 4.78 is 92.8. The van der Waals surface area contributed by atoms with E-state index in [4.69, 9.17) is 44.1 Å². The van der Waals surface area contributed by atoms with E-state index < -0.39 is 40.9 Å². The average Bonchev–Trinajstić information content (AvgIpc) is 2.44. The number of ether oxygens (including phenoxy) is 3. The maximum Gasteiger partial charge on any atom is 0.298 e. The predicted molar refractivity (Wildman–Crippen MR) is 313 cm³/mol. The Morgan fingerprint density at radius 3 is 1.55 bits per heavy atom. The van der Waals surface area contributed by atoms with Crippen molar-refractivity contribution in [1.29, 1.82) is 0 Å². The maximum absolute atomic E-state index is 13.8. The quantitative estimate of drug-likeness (QED) is 0.0531. The van der Waals surface area contributed by atoms with Crippen molar-refractivity contribution in [2.75, 3.05) is 16.8 Å². The zero-order valence-electron chi connectivity index (χ0n) is 45.8. The van der Waals surface area contributed by atoms with Crippen LogP contribution in [0.15, 0.2) is 172 Å². The Balaban J connectivity index is 0.000000170. The van der Waals surface area contributed by atoms with Gasteiger partial charge in [-0.25, -0.2) is 51.9 Å². The number of rotatable bonds is 11. The fraction of sp³-hybridized carbons (Fsp3) is 0.0500. The fourth-order valence-corrected chi connectivity index (χ4v) is 7.38. The van der Waals surface area contributed by atoms with E-state index >= 15 is 0 Å². The van der Waals surface area contributed by atoms with Gasteiger partial charge in [0.05, 0.1) is 88.5 Å². The van der Waals surface area contributed by atoms with Gasteiger partial charge in [0.1, 0.15) is 40.5 Å². The van der Waals surface area contributed by atoms with Crippen molar-refractivity contribution in [3.8, 4) is 68.5 Å². The van der Waals surface area contributed by atoms with Crippen molar-refractivity contribution in [3.63, 3.8) is 0 Å². The van der Waals surface area contributed by atoms with Gasteiger partial charge in [-0.05, 0) is 111 Å². The molecule has 1 amide bonds. The molecule has 0 saturated heterocycles. The van der Waals surface area contributed by atoms with Gasteiger partial charge in [-0.15, -0.1) is 0 Å². The summed E-state index contributed by atoms with van der Waals surface area (Å²) >= 11 is 12.1. The highest BCUT2D eigenvalue weighted by molar-refractivity contribution is 6.33. The molecule has 6 N–H and O–H groups in total. The molecule has 20 nitrogen and oxygen atoms in total. The van der Waals surface area contributed by atoms with Crippen LogP contribution < -0.4 is 31.0 Å². The number of nitrogens with one attached hydrogen (secondary N) is 1. The Labute approximate surface area is 506 Å². The summed E-state index contributed by atoms with van der Waals surface area (Å²) in [6.07, 6.45) is 17.5. The van der Waals surface area contributed by atoms with Crippen molar-refractivity contribution in [1.82, 2.24) is 54.8 Å². The second-order valence-electron chi connectivity index (χ2n) is 17.5. The molecule has 0 aliphatic rings. The van der Waals surface area contributed by atoms with Gasteiger partial charge in [-0.1, -0.05) is 29.3 Å². The summed E-state index contributed by atoms with van der Waals surface area (Å²) in [4.78, 5) is 64.9. The van der Waals surface area contributed by atoms with Crippen molar-refractivity contribution in [2.24, 2.45) is 0 Å². The molecule has 0 bridgehead atoms. The van der Waals surface area contributed by atoms with Crippen LogP contribution in [0.1, 0.15) is 27.0 Å². The zero-order chi connectivity index (χ0) is 63.3. The summed E-state index contributed by atoms with van der Waals surface area (Å²) in [5.41, 5.74) is 16.0. The Morgan fingerprint density at radius 2 is 1.02 bits per heavy atom. The largest absolute Gasteiger partial charge is 0.508 e. The number of carbonyl (C=O) groups is 2. The highest BCUT2D eigenvalue weighted by Gasteiger charge is 2.16. The lowest BCUT2D eigenvalue weighted by Crippen LogP contribution is -2.15. The third-order valence-electron chi connectivity index (χ3n) is 11.4. The second-order valence-corrected chi connectivity index (χ2v) is 18.3. The number of phenolic OH excluding ortho intramolecular Hbond substituents is 1.